The summed E-state index contributed by atoms with van der Waals surface area (Å²) in [5.74, 6) is 1.89. The van der Waals surface area contributed by atoms with Gasteiger partial charge < -0.3 is 10.5 Å². The van der Waals surface area contributed by atoms with Crippen molar-refractivity contribution in [2.45, 2.75) is 24.5 Å². The SMILES string of the molecule is CCOc1ccc(CSc2ccc(N)cc2C)cc1. The summed E-state index contributed by atoms with van der Waals surface area (Å²) in [6.07, 6.45) is 0. The highest BCUT2D eigenvalue weighted by molar-refractivity contribution is 7.98. The van der Waals surface area contributed by atoms with Gasteiger partial charge in [-0.25, -0.2) is 0 Å². The number of ether oxygens (including phenoxy) is 1. The van der Waals surface area contributed by atoms with Crippen LogP contribution in [0, 0.1) is 6.92 Å². The predicted molar refractivity (Wildman–Crippen MR) is 82.8 cm³/mol. The quantitative estimate of drug-likeness (QED) is 0.652. The molecule has 19 heavy (non-hydrogen) atoms. The van der Waals surface area contributed by atoms with E-state index in [1.807, 2.05) is 43.0 Å². The van der Waals surface area contributed by atoms with Crippen molar-refractivity contribution >= 4 is 17.4 Å². The molecule has 0 radical (unpaired) electrons. The third-order valence-electron chi connectivity index (χ3n) is 2.83. The summed E-state index contributed by atoms with van der Waals surface area (Å²) in [5, 5.41) is 0. The second kappa shape index (κ2) is 6.53. The second-order valence-electron chi connectivity index (χ2n) is 4.39. The van der Waals surface area contributed by atoms with E-state index in [1.165, 1.54) is 16.0 Å². The number of rotatable bonds is 5. The van der Waals surface area contributed by atoms with Crippen LogP contribution in [0.25, 0.3) is 0 Å². The molecule has 0 aliphatic carbocycles. The van der Waals surface area contributed by atoms with Crippen molar-refractivity contribution in [1.29, 1.82) is 0 Å². The molecule has 2 N–H and O–H groups in total. The van der Waals surface area contributed by atoms with Crippen LogP contribution in [0.1, 0.15) is 18.1 Å². The molecule has 2 aromatic rings. The van der Waals surface area contributed by atoms with Crippen LogP contribution in [0.4, 0.5) is 5.69 Å². The second-order valence-corrected chi connectivity index (χ2v) is 5.41. The molecule has 0 saturated heterocycles. The molecule has 0 heterocycles. The Labute approximate surface area is 119 Å². The van der Waals surface area contributed by atoms with E-state index in [4.69, 9.17) is 10.5 Å². The molecule has 0 unspecified atom stereocenters. The average Bonchev–Trinajstić information content (AvgIpc) is 2.40. The topological polar surface area (TPSA) is 35.2 Å². The average molecular weight is 273 g/mol. The van der Waals surface area contributed by atoms with Crippen molar-refractivity contribution in [1.82, 2.24) is 0 Å². The maximum Gasteiger partial charge on any atom is 0.119 e. The smallest absolute Gasteiger partial charge is 0.119 e. The van der Waals surface area contributed by atoms with Crippen molar-refractivity contribution < 1.29 is 4.74 Å². The van der Waals surface area contributed by atoms with E-state index < -0.39 is 0 Å². The Balaban J connectivity index is 1.98. The summed E-state index contributed by atoms with van der Waals surface area (Å²) in [6.45, 7) is 4.79. The highest BCUT2D eigenvalue weighted by atomic mass is 32.2. The fourth-order valence-electron chi connectivity index (χ4n) is 1.84. The van der Waals surface area contributed by atoms with Gasteiger partial charge in [0.15, 0.2) is 0 Å². The number of benzene rings is 2. The largest absolute Gasteiger partial charge is 0.494 e. The van der Waals surface area contributed by atoms with Crippen LogP contribution in [0.3, 0.4) is 0 Å². The minimum atomic E-state index is 0.707. The molecule has 0 aliphatic heterocycles. The number of nitrogen functional groups attached to an aromatic ring is 1. The first-order valence-corrected chi connectivity index (χ1v) is 7.38. The predicted octanol–water partition coefficient (Wildman–Crippen LogP) is 4.27. The Hall–Kier alpha value is -1.61. The molecule has 3 heteroatoms. The van der Waals surface area contributed by atoms with E-state index in [-0.39, 0.29) is 0 Å². The lowest BCUT2D eigenvalue weighted by molar-refractivity contribution is 0.340. The third kappa shape index (κ3) is 3.93. The molecule has 2 nitrogen and oxygen atoms in total. The summed E-state index contributed by atoms with van der Waals surface area (Å²) in [5.41, 5.74) is 9.11. The Morgan fingerprint density at radius 3 is 2.47 bits per heavy atom. The number of nitrogens with two attached hydrogens (primary N) is 1. The highest BCUT2D eigenvalue weighted by Gasteiger charge is 2.01. The van der Waals surface area contributed by atoms with Gasteiger partial charge in [-0.1, -0.05) is 12.1 Å². The minimum absolute atomic E-state index is 0.707. The zero-order valence-corrected chi connectivity index (χ0v) is 12.2. The van der Waals surface area contributed by atoms with E-state index >= 15 is 0 Å². The van der Waals surface area contributed by atoms with Crippen LogP contribution in [0.15, 0.2) is 47.4 Å². The molecule has 0 atom stereocenters. The number of anilines is 1. The first-order valence-electron chi connectivity index (χ1n) is 6.39. The van der Waals surface area contributed by atoms with Gasteiger partial charge >= 0.3 is 0 Å². The van der Waals surface area contributed by atoms with E-state index in [2.05, 4.69) is 25.1 Å². The van der Waals surface area contributed by atoms with Crippen LogP contribution >= 0.6 is 11.8 Å². The van der Waals surface area contributed by atoms with Gasteiger partial charge in [0.05, 0.1) is 6.61 Å². The number of aryl methyl sites for hydroxylation is 1. The molecule has 0 aromatic heterocycles. The van der Waals surface area contributed by atoms with Crippen LogP contribution < -0.4 is 10.5 Å². The van der Waals surface area contributed by atoms with Crippen molar-refractivity contribution in [2.24, 2.45) is 0 Å². The summed E-state index contributed by atoms with van der Waals surface area (Å²) in [6, 6.07) is 14.3. The lowest BCUT2D eigenvalue weighted by atomic mass is 10.2. The Kier molecular flexibility index (Phi) is 4.74. The molecule has 0 fully saturated rings. The van der Waals surface area contributed by atoms with Crippen molar-refractivity contribution in [3.05, 3.63) is 53.6 Å². The summed E-state index contributed by atoms with van der Waals surface area (Å²) in [4.78, 5) is 1.28. The van der Waals surface area contributed by atoms with Gasteiger partial charge in [0, 0.05) is 16.3 Å². The van der Waals surface area contributed by atoms with Crippen LogP contribution in [-0.2, 0) is 5.75 Å². The van der Waals surface area contributed by atoms with E-state index in [0.717, 1.165) is 17.2 Å². The van der Waals surface area contributed by atoms with Gasteiger partial charge in [0.2, 0.25) is 0 Å². The molecule has 100 valence electrons. The normalized spacial score (nSPS) is 10.4. The fourth-order valence-corrected chi connectivity index (χ4v) is 2.81. The molecule has 0 bridgehead atoms. The Bertz CT molecular complexity index is 537. The molecule has 0 amide bonds. The minimum Gasteiger partial charge on any atom is -0.494 e. The number of thioether (sulfide) groups is 1. The summed E-state index contributed by atoms with van der Waals surface area (Å²) in [7, 11) is 0. The van der Waals surface area contributed by atoms with Crippen molar-refractivity contribution in [2.75, 3.05) is 12.3 Å². The van der Waals surface area contributed by atoms with Gasteiger partial charge in [-0.2, -0.15) is 0 Å². The Morgan fingerprint density at radius 1 is 1.11 bits per heavy atom. The third-order valence-corrected chi connectivity index (χ3v) is 4.07. The zero-order chi connectivity index (χ0) is 13.7. The van der Waals surface area contributed by atoms with Gasteiger partial charge in [0.25, 0.3) is 0 Å². The van der Waals surface area contributed by atoms with Gasteiger partial charge in [-0.15, -0.1) is 11.8 Å². The molecular formula is C16H19NOS. The molecule has 2 aromatic carbocycles. The standard InChI is InChI=1S/C16H19NOS/c1-3-18-15-7-4-13(5-8-15)11-19-16-9-6-14(17)10-12(16)2/h4-10H,3,11,17H2,1-2H3. The molecule has 2 rings (SSSR count). The highest BCUT2D eigenvalue weighted by Crippen LogP contribution is 2.27. The summed E-state index contributed by atoms with van der Waals surface area (Å²) >= 11 is 1.83. The Morgan fingerprint density at radius 2 is 1.84 bits per heavy atom. The lowest BCUT2D eigenvalue weighted by Gasteiger charge is -2.07. The van der Waals surface area contributed by atoms with Crippen LogP contribution in [0.2, 0.25) is 0 Å². The van der Waals surface area contributed by atoms with Gasteiger partial charge in [0.1, 0.15) is 5.75 Å². The number of hydrogen-bond acceptors (Lipinski definition) is 3. The van der Waals surface area contributed by atoms with E-state index in [9.17, 15) is 0 Å². The molecule has 0 aliphatic rings. The molecule has 0 spiro atoms. The lowest BCUT2D eigenvalue weighted by Crippen LogP contribution is -1.91. The fraction of sp³-hybridized carbons (Fsp3) is 0.250. The van der Waals surface area contributed by atoms with E-state index in [1.54, 1.807) is 0 Å². The summed E-state index contributed by atoms with van der Waals surface area (Å²) < 4.78 is 5.44. The monoisotopic (exact) mass is 273 g/mol. The van der Waals surface area contributed by atoms with Crippen LogP contribution in [-0.4, -0.2) is 6.61 Å². The maximum atomic E-state index is 5.76. The molecular weight excluding hydrogens is 254 g/mol. The first-order chi connectivity index (χ1) is 9.19. The van der Waals surface area contributed by atoms with Crippen LogP contribution in [0.5, 0.6) is 5.75 Å². The number of hydrogen-bond donors (Lipinski definition) is 1. The van der Waals surface area contributed by atoms with Crippen molar-refractivity contribution in [3.8, 4) is 5.75 Å². The van der Waals surface area contributed by atoms with Crippen molar-refractivity contribution in [3.63, 3.8) is 0 Å². The van der Waals surface area contributed by atoms with Gasteiger partial charge in [-0.3, -0.25) is 0 Å². The zero-order valence-electron chi connectivity index (χ0n) is 11.3. The van der Waals surface area contributed by atoms with E-state index in [0.29, 0.717) is 6.61 Å². The maximum absolute atomic E-state index is 5.76. The van der Waals surface area contributed by atoms with Gasteiger partial charge in [-0.05, 0) is 55.3 Å². The first kappa shape index (κ1) is 13.8. The molecule has 0 saturated carbocycles.